The Bertz CT molecular complexity index is 560. The smallest absolute Gasteiger partial charge is 0.0992 e. The van der Waals surface area contributed by atoms with Crippen molar-refractivity contribution >= 4 is 23.4 Å². The standard InChI is InChI=1S/C14H10ClNS/c15-14-7-2-1-5-12(14)10-17-13-6-3-4-11(8-13)9-16/h1-8H,10H2. The van der Waals surface area contributed by atoms with Crippen molar-refractivity contribution in [3.63, 3.8) is 0 Å². The molecule has 2 rings (SSSR count). The molecule has 0 fully saturated rings. The van der Waals surface area contributed by atoms with Crippen LogP contribution in [-0.2, 0) is 5.75 Å². The van der Waals surface area contributed by atoms with Gasteiger partial charge in [0.15, 0.2) is 0 Å². The van der Waals surface area contributed by atoms with Crippen LogP contribution in [0.1, 0.15) is 11.1 Å². The molecule has 0 aliphatic heterocycles. The number of thioether (sulfide) groups is 1. The zero-order chi connectivity index (χ0) is 12.1. The molecular formula is C14H10ClNS. The fourth-order valence-electron chi connectivity index (χ4n) is 1.43. The minimum atomic E-state index is 0.689. The lowest BCUT2D eigenvalue weighted by atomic mass is 10.2. The normalized spacial score (nSPS) is 9.88. The highest BCUT2D eigenvalue weighted by molar-refractivity contribution is 7.98. The quantitative estimate of drug-likeness (QED) is 0.758. The molecule has 17 heavy (non-hydrogen) atoms. The molecule has 0 heterocycles. The van der Waals surface area contributed by atoms with E-state index in [9.17, 15) is 0 Å². The van der Waals surface area contributed by atoms with Crippen LogP contribution >= 0.6 is 23.4 Å². The fourth-order valence-corrected chi connectivity index (χ4v) is 2.67. The Labute approximate surface area is 110 Å². The molecular weight excluding hydrogens is 250 g/mol. The molecule has 0 unspecified atom stereocenters. The van der Waals surface area contributed by atoms with Crippen molar-refractivity contribution in [1.29, 1.82) is 5.26 Å². The lowest BCUT2D eigenvalue weighted by Crippen LogP contribution is -1.82. The van der Waals surface area contributed by atoms with E-state index in [1.54, 1.807) is 17.8 Å². The summed E-state index contributed by atoms with van der Waals surface area (Å²) in [6.07, 6.45) is 0. The maximum atomic E-state index is 8.81. The van der Waals surface area contributed by atoms with E-state index in [-0.39, 0.29) is 0 Å². The van der Waals surface area contributed by atoms with Gasteiger partial charge in [0.2, 0.25) is 0 Å². The summed E-state index contributed by atoms with van der Waals surface area (Å²) in [5.41, 5.74) is 1.80. The van der Waals surface area contributed by atoms with Crippen LogP contribution in [-0.4, -0.2) is 0 Å². The van der Waals surface area contributed by atoms with Crippen LogP contribution in [0.4, 0.5) is 0 Å². The van der Waals surface area contributed by atoms with Gasteiger partial charge in [-0.1, -0.05) is 35.9 Å². The Morgan fingerprint density at radius 3 is 2.71 bits per heavy atom. The summed E-state index contributed by atoms with van der Waals surface area (Å²) in [5.74, 6) is 0.814. The van der Waals surface area contributed by atoms with E-state index >= 15 is 0 Å². The largest absolute Gasteiger partial charge is 0.192 e. The maximum absolute atomic E-state index is 8.81. The lowest BCUT2D eigenvalue weighted by Gasteiger charge is -2.04. The number of hydrogen-bond acceptors (Lipinski definition) is 2. The van der Waals surface area contributed by atoms with Gasteiger partial charge in [-0.2, -0.15) is 5.26 Å². The number of benzene rings is 2. The Hall–Kier alpha value is -1.43. The third kappa shape index (κ3) is 3.26. The second kappa shape index (κ2) is 5.77. The molecule has 0 radical (unpaired) electrons. The van der Waals surface area contributed by atoms with Gasteiger partial charge < -0.3 is 0 Å². The van der Waals surface area contributed by atoms with Crippen molar-refractivity contribution in [3.8, 4) is 6.07 Å². The molecule has 0 amide bonds. The van der Waals surface area contributed by atoms with Crippen molar-refractivity contribution in [3.05, 3.63) is 64.7 Å². The van der Waals surface area contributed by atoms with Crippen LogP contribution in [0, 0.1) is 11.3 Å². The Balaban J connectivity index is 2.08. The molecule has 84 valence electrons. The van der Waals surface area contributed by atoms with Gasteiger partial charge in [-0.3, -0.25) is 0 Å². The topological polar surface area (TPSA) is 23.8 Å². The van der Waals surface area contributed by atoms with Crippen molar-refractivity contribution < 1.29 is 0 Å². The van der Waals surface area contributed by atoms with Gasteiger partial charge in [0.1, 0.15) is 0 Å². The molecule has 2 aromatic carbocycles. The first-order valence-electron chi connectivity index (χ1n) is 5.16. The van der Waals surface area contributed by atoms with Crippen LogP contribution in [0.15, 0.2) is 53.4 Å². The van der Waals surface area contributed by atoms with E-state index in [1.165, 1.54) is 0 Å². The van der Waals surface area contributed by atoms with E-state index < -0.39 is 0 Å². The SMILES string of the molecule is N#Cc1cccc(SCc2ccccc2Cl)c1. The summed E-state index contributed by atoms with van der Waals surface area (Å²) >= 11 is 7.77. The summed E-state index contributed by atoms with van der Waals surface area (Å²) in [5, 5.41) is 9.60. The molecule has 0 atom stereocenters. The summed E-state index contributed by atoms with van der Waals surface area (Å²) < 4.78 is 0. The van der Waals surface area contributed by atoms with Gasteiger partial charge in [-0.15, -0.1) is 11.8 Å². The van der Waals surface area contributed by atoms with Crippen molar-refractivity contribution in [1.82, 2.24) is 0 Å². The average molecular weight is 260 g/mol. The molecule has 0 aliphatic rings. The Morgan fingerprint density at radius 1 is 1.12 bits per heavy atom. The number of halogens is 1. The fraction of sp³-hybridized carbons (Fsp3) is 0.0714. The van der Waals surface area contributed by atoms with Crippen LogP contribution in [0.2, 0.25) is 5.02 Å². The second-order valence-electron chi connectivity index (χ2n) is 3.52. The summed E-state index contributed by atoms with van der Waals surface area (Å²) in [6, 6.07) is 17.5. The first kappa shape index (κ1) is 12.0. The molecule has 0 N–H and O–H groups in total. The van der Waals surface area contributed by atoms with E-state index in [0.29, 0.717) is 5.56 Å². The predicted molar refractivity (Wildman–Crippen MR) is 72.2 cm³/mol. The summed E-state index contributed by atoms with van der Waals surface area (Å²) in [7, 11) is 0. The molecule has 0 saturated carbocycles. The summed E-state index contributed by atoms with van der Waals surface area (Å²) in [4.78, 5) is 1.09. The minimum Gasteiger partial charge on any atom is -0.192 e. The summed E-state index contributed by atoms with van der Waals surface area (Å²) in [6.45, 7) is 0. The predicted octanol–water partition coefficient (Wildman–Crippen LogP) is 4.50. The molecule has 3 heteroatoms. The van der Waals surface area contributed by atoms with E-state index in [2.05, 4.69) is 6.07 Å². The minimum absolute atomic E-state index is 0.689. The van der Waals surface area contributed by atoms with E-state index in [1.807, 2.05) is 42.5 Å². The van der Waals surface area contributed by atoms with Gasteiger partial charge in [0, 0.05) is 15.7 Å². The molecule has 0 aromatic heterocycles. The maximum Gasteiger partial charge on any atom is 0.0992 e. The zero-order valence-electron chi connectivity index (χ0n) is 9.06. The Morgan fingerprint density at radius 2 is 1.94 bits per heavy atom. The number of nitrogens with zero attached hydrogens (tertiary/aromatic N) is 1. The first-order chi connectivity index (χ1) is 8.29. The molecule has 0 bridgehead atoms. The monoisotopic (exact) mass is 259 g/mol. The van der Waals surface area contributed by atoms with Gasteiger partial charge in [0.05, 0.1) is 11.6 Å². The van der Waals surface area contributed by atoms with Gasteiger partial charge >= 0.3 is 0 Å². The molecule has 1 nitrogen and oxygen atoms in total. The molecule has 0 saturated heterocycles. The first-order valence-corrected chi connectivity index (χ1v) is 6.52. The highest BCUT2D eigenvalue weighted by atomic mass is 35.5. The third-order valence-electron chi connectivity index (χ3n) is 2.32. The highest BCUT2D eigenvalue weighted by Crippen LogP contribution is 2.26. The van der Waals surface area contributed by atoms with Crippen LogP contribution in [0.3, 0.4) is 0 Å². The second-order valence-corrected chi connectivity index (χ2v) is 4.98. The molecule has 0 aliphatic carbocycles. The number of nitriles is 1. The zero-order valence-corrected chi connectivity index (χ0v) is 10.6. The number of rotatable bonds is 3. The van der Waals surface area contributed by atoms with Gasteiger partial charge in [-0.05, 0) is 29.8 Å². The third-order valence-corrected chi connectivity index (χ3v) is 3.73. The Kier molecular flexibility index (Phi) is 4.08. The van der Waals surface area contributed by atoms with E-state index in [4.69, 9.17) is 16.9 Å². The number of hydrogen-bond donors (Lipinski definition) is 0. The average Bonchev–Trinajstić information content (AvgIpc) is 2.38. The highest BCUT2D eigenvalue weighted by Gasteiger charge is 2.01. The van der Waals surface area contributed by atoms with Crippen LogP contribution < -0.4 is 0 Å². The van der Waals surface area contributed by atoms with Crippen molar-refractivity contribution in [2.45, 2.75) is 10.6 Å². The van der Waals surface area contributed by atoms with Gasteiger partial charge in [0.25, 0.3) is 0 Å². The van der Waals surface area contributed by atoms with Crippen molar-refractivity contribution in [2.24, 2.45) is 0 Å². The van der Waals surface area contributed by atoms with E-state index in [0.717, 1.165) is 21.2 Å². The lowest BCUT2D eigenvalue weighted by molar-refractivity contribution is 1.36. The van der Waals surface area contributed by atoms with Gasteiger partial charge in [-0.25, -0.2) is 0 Å². The van der Waals surface area contributed by atoms with Crippen LogP contribution in [0.25, 0.3) is 0 Å². The molecule has 2 aromatic rings. The van der Waals surface area contributed by atoms with Crippen LogP contribution in [0.5, 0.6) is 0 Å². The molecule has 0 spiro atoms. The van der Waals surface area contributed by atoms with Crippen molar-refractivity contribution in [2.75, 3.05) is 0 Å².